The normalized spacial score (nSPS) is 43.4. The maximum absolute atomic E-state index is 14.1. The van der Waals surface area contributed by atoms with Crippen LogP contribution in [-0.4, -0.2) is 38.1 Å². The second-order valence-electron chi connectivity index (χ2n) is 11.4. The summed E-state index contributed by atoms with van der Waals surface area (Å²) in [4.78, 5) is 0. The van der Waals surface area contributed by atoms with Crippen molar-refractivity contribution in [2.75, 3.05) is 7.11 Å². The summed E-state index contributed by atoms with van der Waals surface area (Å²) in [5.74, 6) is -2.86. The van der Waals surface area contributed by atoms with E-state index in [1.165, 1.54) is 7.11 Å². The molecule has 31 heavy (non-hydrogen) atoms. The van der Waals surface area contributed by atoms with Crippen molar-refractivity contribution >= 4 is 8.32 Å². The van der Waals surface area contributed by atoms with Crippen LogP contribution in [0.15, 0.2) is 0 Å². The molecule has 0 aromatic heterocycles. The lowest BCUT2D eigenvalue weighted by atomic mass is 9.63. The molecule has 4 aliphatic rings. The molecule has 4 saturated carbocycles. The fourth-order valence-corrected chi connectivity index (χ4v) is 12.0. The van der Waals surface area contributed by atoms with Crippen LogP contribution in [0, 0.1) is 47.3 Å². The van der Waals surface area contributed by atoms with E-state index < -0.39 is 31.4 Å². The third-order valence-electron chi connectivity index (χ3n) is 9.71. The molecular formula is C22H34F6O2Si. The highest BCUT2D eigenvalue weighted by Crippen LogP contribution is 2.72. The van der Waals surface area contributed by atoms with Gasteiger partial charge in [0.2, 0.25) is 0 Å². The first kappa shape index (κ1) is 23.9. The molecule has 0 radical (unpaired) electrons. The minimum absolute atomic E-state index is 0.0509. The number of fused-ring (bicyclic) bond motifs is 9. The van der Waals surface area contributed by atoms with Gasteiger partial charge in [0.05, 0.1) is 0 Å². The highest BCUT2D eigenvalue weighted by molar-refractivity contribution is 6.77. The number of hydrogen-bond donors (Lipinski definition) is 1. The standard InChI is InChI=1S/C22H34F6O2Si/c1-11(2)31(30-4,22(26,27)28)10-15-6-13-8-17(15)19-16-7-12(18(13)19)5-14(16)9-20(3,29)21(23,24)25/h11-19,29H,5-10H2,1-4H3. The van der Waals surface area contributed by atoms with Crippen molar-refractivity contribution in [2.45, 2.75) is 82.0 Å². The number of hydrogen-bond acceptors (Lipinski definition) is 2. The average Bonchev–Trinajstić information content (AvgIpc) is 3.34. The minimum atomic E-state index is -4.67. The molecule has 4 bridgehead atoms. The first-order valence-corrected chi connectivity index (χ1v) is 13.7. The Morgan fingerprint density at radius 3 is 1.87 bits per heavy atom. The quantitative estimate of drug-likeness (QED) is 0.278. The van der Waals surface area contributed by atoms with Gasteiger partial charge in [0, 0.05) is 7.11 Å². The van der Waals surface area contributed by atoms with Crippen LogP contribution in [0.25, 0.3) is 0 Å². The maximum atomic E-state index is 14.1. The largest absolute Gasteiger partial charge is 0.416 e. The minimum Gasteiger partial charge on any atom is -0.411 e. The predicted octanol–water partition coefficient (Wildman–Crippen LogP) is 6.34. The summed E-state index contributed by atoms with van der Waals surface area (Å²) in [6.07, 6.45) is -1.64. The van der Waals surface area contributed by atoms with Crippen LogP contribution in [-0.2, 0) is 4.43 Å². The van der Waals surface area contributed by atoms with Gasteiger partial charge in [-0.3, -0.25) is 0 Å². The molecule has 0 aliphatic heterocycles. The van der Waals surface area contributed by atoms with Gasteiger partial charge in [-0.25, -0.2) is 0 Å². The van der Waals surface area contributed by atoms with E-state index in [-0.39, 0.29) is 42.1 Å². The topological polar surface area (TPSA) is 29.5 Å². The van der Waals surface area contributed by atoms with Crippen molar-refractivity contribution in [3.05, 3.63) is 0 Å². The van der Waals surface area contributed by atoms with E-state index in [0.29, 0.717) is 17.8 Å². The van der Waals surface area contributed by atoms with Crippen molar-refractivity contribution in [1.29, 1.82) is 0 Å². The van der Waals surface area contributed by atoms with E-state index in [0.717, 1.165) is 32.6 Å². The molecule has 0 saturated heterocycles. The number of halogens is 6. The first-order chi connectivity index (χ1) is 14.1. The molecule has 4 rings (SSSR count). The summed E-state index contributed by atoms with van der Waals surface area (Å²) in [6.45, 7) is 4.06. The van der Waals surface area contributed by atoms with Crippen molar-refractivity contribution in [3.63, 3.8) is 0 Å². The summed E-state index contributed by atoms with van der Waals surface area (Å²) in [6, 6.07) is 0.0668. The zero-order chi connectivity index (χ0) is 23.1. The molecule has 10 atom stereocenters. The zero-order valence-electron chi connectivity index (χ0n) is 18.6. The Labute approximate surface area is 181 Å². The SMILES string of the molecule is CO[Si](CC1CC2CC1C1C3CC(CC3CC(C)(O)C(F)(F)F)C21)(C(C)C)C(F)(F)F. The molecule has 0 amide bonds. The molecule has 180 valence electrons. The highest BCUT2D eigenvalue weighted by atomic mass is 28.4. The van der Waals surface area contributed by atoms with Crippen molar-refractivity contribution in [1.82, 2.24) is 0 Å². The van der Waals surface area contributed by atoms with Crippen LogP contribution < -0.4 is 0 Å². The zero-order valence-corrected chi connectivity index (χ0v) is 19.6. The summed E-state index contributed by atoms with van der Waals surface area (Å²) >= 11 is 0. The van der Waals surface area contributed by atoms with Crippen LogP contribution in [0.3, 0.4) is 0 Å². The van der Waals surface area contributed by atoms with E-state index in [1.807, 2.05) is 0 Å². The van der Waals surface area contributed by atoms with Gasteiger partial charge in [-0.15, -0.1) is 0 Å². The molecule has 0 heterocycles. The fourth-order valence-electron chi connectivity index (χ4n) is 8.48. The Balaban J connectivity index is 1.53. The number of alkyl halides is 6. The van der Waals surface area contributed by atoms with Crippen LogP contribution in [0.1, 0.15) is 52.9 Å². The third kappa shape index (κ3) is 3.50. The molecule has 2 nitrogen and oxygen atoms in total. The lowest BCUT2D eigenvalue weighted by Gasteiger charge is -2.45. The second kappa shape index (κ2) is 7.36. The molecule has 4 aliphatic carbocycles. The van der Waals surface area contributed by atoms with Gasteiger partial charge in [0.25, 0.3) is 0 Å². The van der Waals surface area contributed by atoms with Gasteiger partial charge in [-0.2, -0.15) is 26.3 Å². The van der Waals surface area contributed by atoms with Crippen LogP contribution in [0.2, 0.25) is 11.6 Å². The van der Waals surface area contributed by atoms with Crippen molar-refractivity contribution in [2.24, 2.45) is 47.3 Å². The van der Waals surface area contributed by atoms with E-state index in [9.17, 15) is 31.4 Å². The summed E-state index contributed by atoms with van der Waals surface area (Å²) in [5.41, 5.74) is -3.29. The van der Waals surface area contributed by atoms with Crippen LogP contribution in [0.5, 0.6) is 0 Å². The summed E-state index contributed by atoms with van der Waals surface area (Å²) in [7, 11) is -2.79. The summed E-state index contributed by atoms with van der Waals surface area (Å²) in [5, 5.41) is 10.0. The van der Waals surface area contributed by atoms with E-state index in [2.05, 4.69) is 0 Å². The molecule has 10 unspecified atom stereocenters. The number of aliphatic hydroxyl groups is 1. The van der Waals surface area contributed by atoms with Gasteiger partial charge in [0.1, 0.15) is 0 Å². The van der Waals surface area contributed by atoms with Gasteiger partial charge in [-0.1, -0.05) is 13.8 Å². The Kier molecular flexibility index (Phi) is 5.66. The fraction of sp³-hybridized carbons (Fsp3) is 1.00. The van der Waals surface area contributed by atoms with Gasteiger partial charge >= 0.3 is 20.3 Å². The van der Waals surface area contributed by atoms with Gasteiger partial charge in [-0.05, 0) is 98.0 Å². The van der Waals surface area contributed by atoms with Gasteiger partial charge < -0.3 is 9.53 Å². The Bertz CT molecular complexity index is 692. The highest BCUT2D eigenvalue weighted by Gasteiger charge is 2.68. The third-order valence-corrected chi connectivity index (χ3v) is 14.4. The molecular weight excluding hydrogens is 438 g/mol. The van der Waals surface area contributed by atoms with Crippen LogP contribution in [0.4, 0.5) is 26.3 Å². The van der Waals surface area contributed by atoms with E-state index in [1.54, 1.807) is 13.8 Å². The Morgan fingerprint density at radius 2 is 1.42 bits per heavy atom. The van der Waals surface area contributed by atoms with E-state index in [4.69, 9.17) is 4.43 Å². The van der Waals surface area contributed by atoms with E-state index >= 15 is 0 Å². The molecule has 0 aromatic carbocycles. The smallest absolute Gasteiger partial charge is 0.411 e. The lowest BCUT2D eigenvalue weighted by molar-refractivity contribution is -0.260. The molecule has 4 fully saturated rings. The van der Waals surface area contributed by atoms with Crippen molar-refractivity contribution < 1.29 is 35.9 Å². The second-order valence-corrected chi connectivity index (χ2v) is 15.7. The van der Waals surface area contributed by atoms with Crippen molar-refractivity contribution in [3.8, 4) is 0 Å². The number of rotatable bonds is 6. The molecule has 1 N–H and O–H groups in total. The monoisotopic (exact) mass is 472 g/mol. The maximum Gasteiger partial charge on any atom is 0.416 e. The Morgan fingerprint density at radius 1 is 0.903 bits per heavy atom. The predicted molar refractivity (Wildman–Crippen MR) is 106 cm³/mol. The Hall–Kier alpha value is -0.283. The first-order valence-electron chi connectivity index (χ1n) is 11.5. The molecule has 0 aromatic rings. The summed E-state index contributed by atoms with van der Waals surface area (Å²) < 4.78 is 87.4. The van der Waals surface area contributed by atoms with Crippen LogP contribution >= 0.6 is 0 Å². The lowest BCUT2D eigenvalue weighted by Crippen LogP contribution is -2.57. The average molecular weight is 473 g/mol. The molecule has 0 spiro atoms. The van der Waals surface area contributed by atoms with Gasteiger partial charge in [0.15, 0.2) is 5.60 Å². The molecule has 9 heteroatoms.